The van der Waals surface area contributed by atoms with Crippen LogP contribution in [0.3, 0.4) is 0 Å². The van der Waals surface area contributed by atoms with E-state index in [9.17, 15) is 18.0 Å². The van der Waals surface area contributed by atoms with E-state index in [1.54, 1.807) is 0 Å². The molecule has 3 rings (SSSR count). The highest BCUT2D eigenvalue weighted by Crippen LogP contribution is 2.31. The van der Waals surface area contributed by atoms with E-state index < -0.39 is 22.9 Å². The Kier molecular flexibility index (Phi) is 6.15. The molecule has 2 aromatic carbocycles. The van der Waals surface area contributed by atoms with Crippen molar-refractivity contribution in [2.24, 2.45) is 5.92 Å². The summed E-state index contributed by atoms with van der Waals surface area (Å²) < 4.78 is 48.0. The highest BCUT2D eigenvalue weighted by Gasteiger charge is 2.19. The monoisotopic (exact) mass is 404 g/mol. The van der Waals surface area contributed by atoms with Gasteiger partial charge in [0, 0.05) is 24.2 Å². The molecule has 3 aromatic rings. The Hall–Kier alpha value is -2.96. The fraction of sp³-hybridized carbons (Fsp3) is 0.318. The maximum atomic E-state index is 14.4. The topological polar surface area (TPSA) is 68.3 Å². The molecule has 0 fully saturated rings. The fourth-order valence-electron chi connectivity index (χ4n) is 3.15. The summed E-state index contributed by atoms with van der Waals surface area (Å²) in [5.41, 5.74) is 4.53. The van der Waals surface area contributed by atoms with Crippen molar-refractivity contribution in [3.05, 3.63) is 58.0 Å². The van der Waals surface area contributed by atoms with E-state index in [1.807, 2.05) is 0 Å². The first kappa shape index (κ1) is 20.8. The number of fused-ring (bicyclic) bond motifs is 1. The molecular formula is C22H23F3N2O2. The number of rotatable bonds is 7. The van der Waals surface area contributed by atoms with Crippen LogP contribution >= 0.6 is 0 Å². The molecule has 7 heteroatoms. The smallest absolute Gasteiger partial charge is 0.195 e. The molecule has 29 heavy (non-hydrogen) atoms. The quantitative estimate of drug-likeness (QED) is 0.392. The summed E-state index contributed by atoms with van der Waals surface area (Å²) in [5, 5.41) is 2.69. The van der Waals surface area contributed by atoms with Crippen molar-refractivity contribution in [1.82, 2.24) is 0 Å². The minimum absolute atomic E-state index is 0.0326. The number of hydrogen-bond acceptors (Lipinski definition) is 4. The summed E-state index contributed by atoms with van der Waals surface area (Å²) in [5.74, 6) is -2.01. The van der Waals surface area contributed by atoms with Crippen LogP contribution in [0, 0.1) is 23.4 Å². The van der Waals surface area contributed by atoms with Gasteiger partial charge in [0.25, 0.3) is 0 Å². The molecule has 0 aliphatic heterocycles. The van der Waals surface area contributed by atoms with Crippen LogP contribution in [-0.2, 0) is 0 Å². The van der Waals surface area contributed by atoms with E-state index in [0.29, 0.717) is 18.5 Å². The Bertz CT molecular complexity index is 1090. The number of nitrogens with two attached hydrogens (primary N) is 1. The van der Waals surface area contributed by atoms with Crippen LogP contribution in [0.15, 0.2) is 39.5 Å². The van der Waals surface area contributed by atoms with E-state index in [2.05, 4.69) is 19.2 Å². The molecule has 0 saturated carbocycles. The van der Waals surface area contributed by atoms with Crippen molar-refractivity contribution >= 4 is 22.3 Å². The summed E-state index contributed by atoms with van der Waals surface area (Å²) in [6.45, 7) is 4.68. The number of anilines is 2. The molecule has 154 valence electrons. The van der Waals surface area contributed by atoms with Gasteiger partial charge >= 0.3 is 0 Å². The van der Waals surface area contributed by atoms with Gasteiger partial charge in [0.1, 0.15) is 17.4 Å². The van der Waals surface area contributed by atoms with Crippen LogP contribution < -0.4 is 16.5 Å². The van der Waals surface area contributed by atoms with Crippen LogP contribution in [0.1, 0.15) is 33.1 Å². The molecule has 0 amide bonds. The first-order valence-electron chi connectivity index (χ1n) is 9.53. The zero-order valence-corrected chi connectivity index (χ0v) is 16.3. The maximum absolute atomic E-state index is 14.4. The van der Waals surface area contributed by atoms with Crippen LogP contribution in [-0.4, -0.2) is 6.54 Å². The predicted molar refractivity (Wildman–Crippen MR) is 109 cm³/mol. The first-order valence-corrected chi connectivity index (χ1v) is 9.53. The second kappa shape index (κ2) is 8.59. The molecule has 0 aliphatic carbocycles. The Balaban J connectivity index is 1.99. The van der Waals surface area contributed by atoms with Crippen LogP contribution in [0.2, 0.25) is 0 Å². The number of nitrogens with one attached hydrogen (secondary N) is 1. The normalized spacial score (nSPS) is 11.4. The van der Waals surface area contributed by atoms with Crippen LogP contribution in [0.5, 0.6) is 0 Å². The van der Waals surface area contributed by atoms with Gasteiger partial charge in [-0.3, -0.25) is 4.79 Å². The molecule has 0 saturated heterocycles. The molecule has 4 nitrogen and oxygen atoms in total. The van der Waals surface area contributed by atoms with Crippen molar-refractivity contribution in [3.8, 4) is 11.3 Å². The lowest BCUT2D eigenvalue weighted by molar-refractivity contribution is 0.540. The summed E-state index contributed by atoms with van der Waals surface area (Å²) in [4.78, 5) is 12.7. The number of nitrogen functional groups attached to an aromatic ring is 1. The van der Waals surface area contributed by atoms with Crippen LogP contribution in [0.4, 0.5) is 24.5 Å². The zero-order valence-electron chi connectivity index (χ0n) is 16.3. The predicted octanol–water partition coefficient (Wildman–Crippen LogP) is 5.70. The molecule has 1 heterocycles. The van der Waals surface area contributed by atoms with Gasteiger partial charge in [-0.1, -0.05) is 26.7 Å². The Morgan fingerprint density at radius 3 is 2.48 bits per heavy atom. The van der Waals surface area contributed by atoms with E-state index >= 15 is 0 Å². The second-order valence-electron chi connectivity index (χ2n) is 7.45. The Morgan fingerprint density at radius 2 is 1.79 bits per heavy atom. The highest BCUT2D eigenvalue weighted by atomic mass is 19.1. The minimum atomic E-state index is -1.00. The van der Waals surface area contributed by atoms with Crippen molar-refractivity contribution in [1.29, 1.82) is 0 Å². The maximum Gasteiger partial charge on any atom is 0.195 e. The van der Waals surface area contributed by atoms with Crippen molar-refractivity contribution < 1.29 is 17.6 Å². The molecular weight excluding hydrogens is 381 g/mol. The molecule has 0 radical (unpaired) electrons. The molecule has 1 aromatic heterocycles. The lowest BCUT2D eigenvalue weighted by Crippen LogP contribution is -2.11. The highest BCUT2D eigenvalue weighted by molar-refractivity contribution is 5.91. The molecule has 0 bridgehead atoms. The average molecular weight is 404 g/mol. The Labute approximate surface area is 166 Å². The second-order valence-corrected chi connectivity index (χ2v) is 7.45. The Morgan fingerprint density at radius 1 is 1.03 bits per heavy atom. The summed E-state index contributed by atoms with van der Waals surface area (Å²) in [7, 11) is 0. The first-order chi connectivity index (χ1) is 13.8. The lowest BCUT2D eigenvalue weighted by atomic mass is 10.1. The van der Waals surface area contributed by atoms with Gasteiger partial charge in [-0.15, -0.1) is 0 Å². The number of unbranched alkanes of at least 4 members (excludes halogenated alkanes) is 1. The summed E-state index contributed by atoms with van der Waals surface area (Å²) in [6, 6.07) is 5.64. The molecule has 0 aliphatic rings. The van der Waals surface area contributed by atoms with Crippen molar-refractivity contribution in [2.45, 2.75) is 33.1 Å². The SMILES string of the molecule is CC(C)CCCCNc1c(F)cc(F)c2oc(-c3ccc(N)c(F)c3)cc(=O)c12. The third-order valence-electron chi connectivity index (χ3n) is 4.70. The fourth-order valence-corrected chi connectivity index (χ4v) is 3.15. The van der Waals surface area contributed by atoms with E-state index in [0.717, 1.165) is 31.4 Å². The standard InChI is InChI=1S/C22H23F3N2O2/c1-12(2)5-3-4-8-27-21-15(24)10-16(25)22-20(21)18(28)11-19(29-22)13-6-7-17(26)14(23)9-13/h6-7,9-12,27H,3-5,8,26H2,1-2H3. The average Bonchev–Trinajstić information content (AvgIpc) is 2.65. The number of benzene rings is 2. The summed E-state index contributed by atoms with van der Waals surface area (Å²) >= 11 is 0. The van der Waals surface area contributed by atoms with Gasteiger partial charge in [-0.05, 0) is 30.5 Å². The molecule has 0 unspecified atom stereocenters. The third-order valence-corrected chi connectivity index (χ3v) is 4.70. The lowest BCUT2D eigenvalue weighted by Gasteiger charge is -2.12. The van der Waals surface area contributed by atoms with Gasteiger partial charge in [-0.2, -0.15) is 0 Å². The van der Waals surface area contributed by atoms with Gasteiger partial charge in [0.15, 0.2) is 16.8 Å². The zero-order chi connectivity index (χ0) is 21.1. The van der Waals surface area contributed by atoms with Gasteiger partial charge < -0.3 is 15.5 Å². The summed E-state index contributed by atoms with van der Waals surface area (Å²) in [6.07, 6.45) is 2.77. The van der Waals surface area contributed by atoms with E-state index in [4.69, 9.17) is 10.2 Å². The van der Waals surface area contributed by atoms with E-state index in [1.165, 1.54) is 12.1 Å². The van der Waals surface area contributed by atoms with Gasteiger partial charge in [0.05, 0.1) is 16.8 Å². The van der Waals surface area contributed by atoms with E-state index in [-0.39, 0.29) is 33.7 Å². The molecule has 3 N–H and O–H groups in total. The largest absolute Gasteiger partial charge is 0.453 e. The molecule has 0 atom stereocenters. The van der Waals surface area contributed by atoms with Gasteiger partial charge in [-0.25, -0.2) is 13.2 Å². The number of hydrogen-bond donors (Lipinski definition) is 2. The third kappa shape index (κ3) is 4.55. The van der Waals surface area contributed by atoms with Crippen molar-refractivity contribution in [3.63, 3.8) is 0 Å². The number of halogens is 3. The minimum Gasteiger partial charge on any atom is -0.453 e. The molecule has 0 spiro atoms. The van der Waals surface area contributed by atoms with Crippen molar-refractivity contribution in [2.75, 3.05) is 17.6 Å². The van der Waals surface area contributed by atoms with Crippen LogP contribution in [0.25, 0.3) is 22.3 Å². The van der Waals surface area contributed by atoms with Gasteiger partial charge in [0.2, 0.25) is 0 Å².